The van der Waals surface area contributed by atoms with Crippen molar-refractivity contribution < 1.29 is 17.6 Å². The molecular formula is C20H20FN5O3S3. The molecule has 2 heterocycles. The van der Waals surface area contributed by atoms with Crippen LogP contribution in [0.4, 0.5) is 20.9 Å². The second-order valence-corrected chi connectivity index (χ2v) is 11.1. The van der Waals surface area contributed by atoms with E-state index in [1.54, 1.807) is 24.3 Å². The van der Waals surface area contributed by atoms with Gasteiger partial charge in [0.2, 0.25) is 21.1 Å². The van der Waals surface area contributed by atoms with E-state index in [0.717, 1.165) is 12.8 Å². The van der Waals surface area contributed by atoms with Crippen molar-refractivity contribution in [2.24, 2.45) is 0 Å². The maximum absolute atomic E-state index is 13.0. The number of thioether (sulfide) groups is 1. The van der Waals surface area contributed by atoms with Gasteiger partial charge in [-0.15, -0.1) is 10.2 Å². The van der Waals surface area contributed by atoms with E-state index < -0.39 is 10.0 Å². The number of nitrogens with zero attached hydrogens (tertiary/aromatic N) is 3. The fourth-order valence-electron chi connectivity index (χ4n) is 3.11. The molecule has 168 valence electrons. The van der Waals surface area contributed by atoms with E-state index in [1.165, 1.54) is 51.7 Å². The zero-order chi connectivity index (χ0) is 22.6. The van der Waals surface area contributed by atoms with E-state index in [1.807, 2.05) is 0 Å². The number of amides is 1. The minimum atomic E-state index is -3.55. The number of benzene rings is 2. The molecule has 1 amide bonds. The molecule has 2 N–H and O–H groups in total. The topological polar surface area (TPSA) is 104 Å². The van der Waals surface area contributed by atoms with Crippen LogP contribution in [0.3, 0.4) is 0 Å². The van der Waals surface area contributed by atoms with Crippen LogP contribution >= 0.6 is 23.1 Å². The van der Waals surface area contributed by atoms with Crippen molar-refractivity contribution in [2.75, 3.05) is 29.5 Å². The van der Waals surface area contributed by atoms with E-state index in [2.05, 4.69) is 20.8 Å². The second kappa shape index (κ2) is 9.94. The minimum absolute atomic E-state index is 0.0916. The van der Waals surface area contributed by atoms with Crippen LogP contribution in [-0.4, -0.2) is 47.7 Å². The van der Waals surface area contributed by atoms with Crippen LogP contribution in [0.5, 0.6) is 0 Å². The summed E-state index contributed by atoms with van der Waals surface area (Å²) in [5, 5.41) is 14.3. The Morgan fingerprint density at radius 2 is 1.84 bits per heavy atom. The van der Waals surface area contributed by atoms with Gasteiger partial charge in [0, 0.05) is 24.5 Å². The molecule has 0 atom stereocenters. The molecule has 1 aliphatic heterocycles. The number of carbonyl (C=O) groups is 1. The summed E-state index contributed by atoms with van der Waals surface area (Å²) in [5.41, 5.74) is 1.10. The number of aromatic nitrogens is 2. The number of carbonyl (C=O) groups excluding carboxylic acids is 1. The van der Waals surface area contributed by atoms with Crippen molar-refractivity contribution in [3.05, 3.63) is 54.3 Å². The summed E-state index contributed by atoms with van der Waals surface area (Å²) in [5.74, 6) is -0.517. The molecular weight excluding hydrogens is 473 g/mol. The average molecular weight is 494 g/mol. The second-order valence-electron chi connectivity index (χ2n) is 6.98. The summed E-state index contributed by atoms with van der Waals surface area (Å²) in [7, 11) is -3.55. The molecule has 8 nitrogen and oxygen atoms in total. The van der Waals surface area contributed by atoms with Crippen LogP contribution in [-0.2, 0) is 14.8 Å². The summed E-state index contributed by atoms with van der Waals surface area (Å²) in [4.78, 5) is 12.5. The monoisotopic (exact) mass is 493 g/mol. The molecule has 0 spiro atoms. The fourth-order valence-corrected chi connectivity index (χ4v) is 6.25. The van der Waals surface area contributed by atoms with Gasteiger partial charge in [0.1, 0.15) is 5.82 Å². The largest absolute Gasteiger partial charge is 0.330 e. The maximum Gasteiger partial charge on any atom is 0.243 e. The molecule has 12 heteroatoms. The molecule has 1 aliphatic rings. The first-order valence-corrected chi connectivity index (χ1v) is 13.0. The molecule has 3 aromatic rings. The highest BCUT2D eigenvalue weighted by atomic mass is 32.2. The van der Waals surface area contributed by atoms with Gasteiger partial charge in [0.05, 0.1) is 10.6 Å². The lowest BCUT2D eigenvalue weighted by Crippen LogP contribution is -2.28. The van der Waals surface area contributed by atoms with Crippen LogP contribution in [0.1, 0.15) is 12.8 Å². The third-order valence-electron chi connectivity index (χ3n) is 4.65. The number of sulfonamides is 1. The molecule has 0 unspecified atom stereocenters. The highest BCUT2D eigenvalue weighted by Crippen LogP contribution is 2.28. The average Bonchev–Trinajstić information content (AvgIpc) is 3.47. The van der Waals surface area contributed by atoms with Gasteiger partial charge >= 0.3 is 0 Å². The van der Waals surface area contributed by atoms with Crippen LogP contribution < -0.4 is 10.6 Å². The normalized spacial score (nSPS) is 14.4. The van der Waals surface area contributed by atoms with Gasteiger partial charge in [-0.05, 0) is 55.3 Å². The van der Waals surface area contributed by atoms with Gasteiger partial charge < -0.3 is 10.6 Å². The highest BCUT2D eigenvalue weighted by molar-refractivity contribution is 8.01. The smallest absolute Gasteiger partial charge is 0.243 e. The van der Waals surface area contributed by atoms with E-state index in [9.17, 15) is 17.6 Å². The van der Waals surface area contributed by atoms with Crippen LogP contribution in [0.15, 0.2) is 57.8 Å². The van der Waals surface area contributed by atoms with Gasteiger partial charge in [-0.1, -0.05) is 29.2 Å². The lowest BCUT2D eigenvalue weighted by Gasteiger charge is -2.16. The molecule has 32 heavy (non-hydrogen) atoms. The molecule has 4 rings (SSSR count). The molecule has 1 fully saturated rings. The van der Waals surface area contributed by atoms with Gasteiger partial charge in [0.15, 0.2) is 4.34 Å². The van der Waals surface area contributed by atoms with Crippen molar-refractivity contribution in [1.29, 1.82) is 0 Å². The van der Waals surface area contributed by atoms with E-state index in [-0.39, 0.29) is 22.4 Å². The minimum Gasteiger partial charge on any atom is -0.330 e. The summed E-state index contributed by atoms with van der Waals surface area (Å²) in [6, 6.07) is 12.2. The zero-order valence-corrected chi connectivity index (χ0v) is 19.3. The van der Waals surface area contributed by atoms with Crippen molar-refractivity contribution in [1.82, 2.24) is 14.5 Å². The van der Waals surface area contributed by atoms with Crippen molar-refractivity contribution in [3.8, 4) is 0 Å². The number of hydrogen-bond donors (Lipinski definition) is 2. The summed E-state index contributed by atoms with van der Waals surface area (Å²) >= 11 is 2.49. The molecule has 1 saturated heterocycles. The first-order chi connectivity index (χ1) is 15.4. The van der Waals surface area contributed by atoms with Gasteiger partial charge in [-0.25, -0.2) is 12.8 Å². The number of nitrogens with one attached hydrogen (secondary N) is 2. The Balaban J connectivity index is 1.32. The number of anilines is 3. The third kappa shape index (κ3) is 5.63. The zero-order valence-electron chi connectivity index (χ0n) is 16.8. The van der Waals surface area contributed by atoms with Crippen molar-refractivity contribution in [2.45, 2.75) is 22.1 Å². The summed E-state index contributed by atoms with van der Waals surface area (Å²) in [6.07, 6.45) is 1.72. The predicted octanol–water partition coefficient (Wildman–Crippen LogP) is 3.94. The molecule has 1 aromatic heterocycles. The Hall–Kier alpha value is -2.54. The number of halogens is 1. The van der Waals surface area contributed by atoms with Crippen LogP contribution in [0.2, 0.25) is 0 Å². The SMILES string of the molecule is O=C(CSc1nnc(Nc2ccc(F)cc2)s1)Nc1cccc(S(=O)(=O)N2CCCC2)c1. The van der Waals surface area contributed by atoms with Gasteiger partial charge in [0.25, 0.3) is 0 Å². The van der Waals surface area contributed by atoms with Crippen LogP contribution in [0, 0.1) is 5.82 Å². The predicted molar refractivity (Wildman–Crippen MR) is 123 cm³/mol. The van der Waals surface area contributed by atoms with E-state index in [0.29, 0.717) is 33.9 Å². The number of rotatable bonds is 8. The Kier molecular flexibility index (Phi) is 7.04. The third-order valence-corrected chi connectivity index (χ3v) is 8.52. The lowest BCUT2D eigenvalue weighted by molar-refractivity contribution is -0.113. The van der Waals surface area contributed by atoms with Crippen LogP contribution in [0.25, 0.3) is 0 Å². The maximum atomic E-state index is 13.0. The van der Waals surface area contributed by atoms with Gasteiger partial charge in [-0.3, -0.25) is 4.79 Å². The quantitative estimate of drug-likeness (QED) is 0.458. The first-order valence-electron chi connectivity index (χ1n) is 9.79. The van der Waals surface area contributed by atoms with Gasteiger partial charge in [-0.2, -0.15) is 4.31 Å². The molecule has 0 bridgehead atoms. The summed E-state index contributed by atoms with van der Waals surface area (Å²) in [6.45, 7) is 1.05. The Bertz CT molecular complexity index is 1200. The Morgan fingerprint density at radius 1 is 1.09 bits per heavy atom. The lowest BCUT2D eigenvalue weighted by atomic mass is 10.3. The van der Waals surface area contributed by atoms with E-state index >= 15 is 0 Å². The molecule has 0 radical (unpaired) electrons. The first kappa shape index (κ1) is 22.6. The summed E-state index contributed by atoms with van der Waals surface area (Å²) < 4.78 is 40.5. The Morgan fingerprint density at radius 3 is 2.59 bits per heavy atom. The molecule has 0 aliphatic carbocycles. The van der Waals surface area contributed by atoms with Crippen molar-refractivity contribution in [3.63, 3.8) is 0 Å². The Labute approximate surface area is 193 Å². The van der Waals surface area contributed by atoms with Crippen molar-refractivity contribution >= 4 is 55.5 Å². The van der Waals surface area contributed by atoms with E-state index in [4.69, 9.17) is 0 Å². The highest BCUT2D eigenvalue weighted by Gasteiger charge is 2.27. The number of hydrogen-bond acceptors (Lipinski definition) is 8. The molecule has 2 aromatic carbocycles. The standard InChI is InChI=1S/C20H20FN5O3S3/c21-14-6-8-15(9-7-14)23-19-24-25-20(31-19)30-13-18(27)22-16-4-3-5-17(12-16)32(28,29)26-10-1-2-11-26/h3-9,12H,1-2,10-11,13H2,(H,22,27)(H,23,24). The fraction of sp³-hybridized carbons (Fsp3) is 0.250. The molecule has 0 saturated carbocycles.